The van der Waals surface area contributed by atoms with Gasteiger partial charge < -0.3 is 14.2 Å². The maximum Gasteiger partial charge on any atom is 0.143 e. The Bertz CT molecular complexity index is 826. The average Bonchev–Trinajstić information content (AvgIpc) is 2.88. The van der Waals surface area contributed by atoms with E-state index in [2.05, 4.69) is 40.6 Å². The van der Waals surface area contributed by atoms with Crippen LogP contribution in [0.1, 0.15) is 13.3 Å². The van der Waals surface area contributed by atoms with Crippen molar-refractivity contribution < 1.29 is 4.74 Å². The van der Waals surface area contributed by atoms with Crippen LogP contribution in [-0.4, -0.2) is 40.3 Å². The van der Waals surface area contributed by atoms with Gasteiger partial charge in [0.1, 0.15) is 11.5 Å². The Morgan fingerprint density at radius 2 is 2.18 bits per heavy atom. The molecule has 1 atom stereocenters. The minimum atomic E-state index is 0.412. The summed E-state index contributed by atoms with van der Waals surface area (Å²) in [5.41, 5.74) is 2.19. The Hall–Kier alpha value is -2.14. The summed E-state index contributed by atoms with van der Waals surface area (Å²) in [4.78, 5) is 11.6. The maximum absolute atomic E-state index is 5.60. The van der Waals surface area contributed by atoms with E-state index in [0.717, 1.165) is 48.4 Å². The van der Waals surface area contributed by atoms with Crippen LogP contribution in [0.2, 0.25) is 0 Å². The molecule has 1 aliphatic rings. The highest BCUT2D eigenvalue weighted by atomic mass is 16.5. The van der Waals surface area contributed by atoms with Gasteiger partial charge in [-0.05, 0) is 24.6 Å². The second kappa shape index (κ2) is 5.25. The van der Waals surface area contributed by atoms with E-state index in [-0.39, 0.29) is 0 Å². The molecule has 1 saturated heterocycles. The molecule has 0 aromatic carbocycles. The third-order valence-electron chi connectivity index (χ3n) is 4.62. The van der Waals surface area contributed by atoms with Gasteiger partial charge in [0.2, 0.25) is 0 Å². The number of rotatable bonds is 2. The number of fused-ring (bicyclic) bond motifs is 3. The standard InChI is InChI=1S/C17H20N4O/c1-3-12-11-22-9-8-21(12)16-5-4-13-14-10-18-7-6-15(14)20(2)17(13)19-16/h4-7,10,12H,3,8-9,11H2,1-2H3. The number of nitrogens with zero attached hydrogens (tertiary/aromatic N) is 4. The molecule has 3 aromatic rings. The molecule has 0 spiro atoms. The predicted octanol–water partition coefficient (Wildman–Crippen LogP) is 2.74. The fourth-order valence-electron chi connectivity index (χ4n) is 3.36. The largest absolute Gasteiger partial charge is 0.377 e. The maximum atomic E-state index is 5.60. The number of aromatic nitrogens is 3. The summed E-state index contributed by atoms with van der Waals surface area (Å²) in [5.74, 6) is 1.04. The zero-order valence-electron chi connectivity index (χ0n) is 13.0. The van der Waals surface area contributed by atoms with Gasteiger partial charge in [0.05, 0.1) is 24.8 Å². The lowest BCUT2D eigenvalue weighted by Gasteiger charge is -2.36. The fourth-order valence-corrected chi connectivity index (χ4v) is 3.36. The summed E-state index contributed by atoms with van der Waals surface area (Å²) in [6.45, 7) is 4.67. The second-order valence-electron chi connectivity index (χ2n) is 5.82. The monoisotopic (exact) mass is 296 g/mol. The molecule has 5 heteroatoms. The summed E-state index contributed by atoms with van der Waals surface area (Å²) >= 11 is 0. The molecular weight excluding hydrogens is 276 g/mol. The van der Waals surface area contributed by atoms with E-state index in [0.29, 0.717) is 6.04 Å². The summed E-state index contributed by atoms with van der Waals surface area (Å²) in [7, 11) is 2.07. The summed E-state index contributed by atoms with van der Waals surface area (Å²) in [6, 6.07) is 6.75. The van der Waals surface area contributed by atoms with Gasteiger partial charge in [0.25, 0.3) is 0 Å². The molecular formula is C17H20N4O. The minimum absolute atomic E-state index is 0.412. The number of pyridine rings is 2. The van der Waals surface area contributed by atoms with Gasteiger partial charge in [-0.1, -0.05) is 6.92 Å². The fraction of sp³-hybridized carbons (Fsp3) is 0.412. The first-order valence-electron chi connectivity index (χ1n) is 7.83. The third kappa shape index (κ3) is 1.96. The molecule has 0 N–H and O–H groups in total. The van der Waals surface area contributed by atoms with Gasteiger partial charge >= 0.3 is 0 Å². The molecule has 1 fully saturated rings. The van der Waals surface area contributed by atoms with Crippen molar-refractivity contribution in [2.24, 2.45) is 7.05 Å². The molecule has 4 rings (SSSR count). The van der Waals surface area contributed by atoms with Crippen molar-refractivity contribution in [1.29, 1.82) is 0 Å². The van der Waals surface area contributed by atoms with E-state index in [4.69, 9.17) is 9.72 Å². The molecule has 0 amide bonds. The molecule has 3 aromatic heterocycles. The first kappa shape index (κ1) is 13.5. The van der Waals surface area contributed by atoms with E-state index in [1.165, 1.54) is 5.52 Å². The average molecular weight is 296 g/mol. The van der Waals surface area contributed by atoms with Crippen molar-refractivity contribution in [3.8, 4) is 0 Å². The van der Waals surface area contributed by atoms with E-state index < -0.39 is 0 Å². The molecule has 0 aliphatic carbocycles. The number of anilines is 1. The Balaban J connectivity index is 1.86. The predicted molar refractivity (Wildman–Crippen MR) is 88.3 cm³/mol. The first-order valence-corrected chi connectivity index (χ1v) is 7.83. The van der Waals surface area contributed by atoms with Gasteiger partial charge in [-0.3, -0.25) is 4.98 Å². The van der Waals surface area contributed by atoms with E-state index in [9.17, 15) is 0 Å². The third-order valence-corrected chi connectivity index (χ3v) is 4.62. The van der Waals surface area contributed by atoms with Crippen molar-refractivity contribution in [3.05, 3.63) is 30.6 Å². The highest BCUT2D eigenvalue weighted by Crippen LogP contribution is 2.29. The van der Waals surface area contributed by atoms with Crippen molar-refractivity contribution in [1.82, 2.24) is 14.5 Å². The van der Waals surface area contributed by atoms with Crippen LogP contribution in [0.4, 0.5) is 5.82 Å². The minimum Gasteiger partial charge on any atom is -0.377 e. The Labute approximate surface area is 129 Å². The lowest BCUT2D eigenvalue weighted by Crippen LogP contribution is -2.45. The molecule has 5 nitrogen and oxygen atoms in total. The quantitative estimate of drug-likeness (QED) is 0.729. The van der Waals surface area contributed by atoms with Gasteiger partial charge in [0.15, 0.2) is 0 Å². The SMILES string of the molecule is CCC1COCCN1c1ccc2c3cnccc3n(C)c2n1. The van der Waals surface area contributed by atoms with E-state index in [1.54, 1.807) is 0 Å². The van der Waals surface area contributed by atoms with Crippen molar-refractivity contribution in [3.63, 3.8) is 0 Å². The highest BCUT2D eigenvalue weighted by Gasteiger charge is 2.23. The zero-order valence-corrected chi connectivity index (χ0v) is 13.0. The zero-order chi connectivity index (χ0) is 15.1. The van der Waals surface area contributed by atoms with Crippen LogP contribution < -0.4 is 4.90 Å². The Kier molecular flexibility index (Phi) is 3.22. The van der Waals surface area contributed by atoms with Crippen LogP contribution in [0.15, 0.2) is 30.6 Å². The van der Waals surface area contributed by atoms with E-state index in [1.807, 2.05) is 18.5 Å². The number of morpholine rings is 1. The molecule has 1 unspecified atom stereocenters. The van der Waals surface area contributed by atoms with Gasteiger partial charge in [-0.2, -0.15) is 0 Å². The molecule has 22 heavy (non-hydrogen) atoms. The van der Waals surface area contributed by atoms with Crippen LogP contribution in [0, 0.1) is 0 Å². The molecule has 0 radical (unpaired) electrons. The Morgan fingerprint density at radius 3 is 3.05 bits per heavy atom. The van der Waals surface area contributed by atoms with Crippen molar-refractivity contribution in [2.45, 2.75) is 19.4 Å². The number of hydrogen-bond donors (Lipinski definition) is 0. The van der Waals surface area contributed by atoms with Crippen molar-refractivity contribution in [2.75, 3.05) is 24.7 Å². The second-order valence-corrected chi connectivity index (χ2v) is 5.82. The van der Waals surface area contributed by atoms with Crippen LogP contribution in [0.3, 0.4) is 0 Å². The topological polar surface area (TPSA) is 43.2 Å². The molecule has 4 heterocycles. The van der Waals surface area contributed by atoms with E-state index >= 15 is 0 Å². The smallest absolute Gasteiger partial charge is 0.143 e. The van der Waals surface area contributed by atoms with Gasteiger partial charge in [-0.25, -0.2) is 4.98 Å². The Morgan fingerprint density at radius 1 is 1.27 bits per heavy atom. The van der Waals surface area contributed by atoms with Gasteiger partial charge in [-0.15, -0.1) is 0 Å². The van der Waals surface area contributed by atoms with Gasteiger partial charge in [0, 0.05) is 36.8 Å². The molecule has 0 bridgehead atoms. The first-order chi connectivity index (χ1) is 10.8. The number of ether oxygens (including phenoxy) is 1. The normalized spacial score (nSPS) is 19.2. The van der Waals surface area contributed by atoms with Crippen LogP contribution in [-0.2, 0) is 11.8 Å². The van der Waals surface area contributed by atoms with Crippen molar-refractivity contribution >= 4 is 27.8 Å². The summed E-state index contributed by atoms with van der Waals surface area (Å²) < 4.78 is 7.75. The number of aryl methyl sites for hydroxylation is 1. The summed E-state index contributed by atoms with van der Waals surface area (Å²) in [5, 5.41) is 2.32. The van der Waals surface area contributed by atoms with Crippen LogP contribution in [0.25, 0.3) is 21.9 Å². The molecule has 114 valence electrons. The van der Waals surface area contributed by atoms with Crippen LogP contribution in [0.5, 0.6) is 0 Å². The molecule has 1 aliphatic heterocycles. The van der Waals surface area contributed by atoms with Crippen LogP contribution >= 0.6 is 0 Å². The lowest BCUT2D eigenvalue weighted by atomic mass is 10.1. The summed E-state index contributed by atoms with van der Waals surface area (Å²) in [6.07, 6.45) is 4.82. The molecule has 0 saturated carbocycles. The highest BCUT2D eigenvalue weighted by molar-refractivity contribution is 6.06. The lowest BCUT2D eigenvalue weighted by molar-refractivity contribution is 0.0926. The number of hydrogen-bond acceptors (Lipinski definition) is 4.